The minimum Gasteiger partial charge on any atom is -0.493 e. The Labute approximate surface area is 299 Å². The first-order chi connectivity index (χ1) is 24.2. The van der Waals surface area contributed by atoms with Crippen LogP contribution in [0.25, 0.3) is 22.3 Å². The van der Waals surface area contributed by atoms with Gasteiger partial charge in [0, 0.05) is 5.56 Å². The molecular weight excluding hydrogens is 627 g/mol. The van der Waals surface area contributed by atoms with E-state index in [9.17, 15) is 15.0 Å². The third-order valence-electron chi connectivity index (χ3n) is 10.9. The SMILES string of the molecule is C=C(C)C(=O)COCCc1cc(-c2ccc(-c3ccc(C4CCC(CCCCC)CC4)cc3F)cc2CC)ccc1OCC(CC)(CO)CO. The molecule has 0 aliphatic heterocycles. The molecule has 1 aliphatic rings. The monoisotopic (exact) mass is 686 g/mol. The van der Waals surface area contributed by atoms with Gasteiger partial charge in [-0.05, 0) is 121 Å². The number of ether oxygens (including phenoxy) is 2. The second-order valence-electron chi connectivity index (χ2n) is 14.5. The maximum absolute atomic E-state index is 15.7. The lowest BCUT2D eigenvalue weighted by Gasteiger charge is -2.29. The number of hydrogen-bond donors (Lipinski definition) is 2. The highest BCUT2D eigenvalue weighted by Crippen LogP contribution is 2.40. The summed E-state index contributed by atoms with van der Waals surface area (Å²) in [6.45, 7) is 11.7. The maximum Gasteiger partial charge on any atom is 0.183 e. The fraction of sp³-hybridized carbons (Fsp3) is 0.523. The zero-order chi connectivity index (χ0) is 36.1. The molecule has 50 heavy (non-hydrogen) atoms. The largest absolute Gasteiger partial charge is 0.493 e. The number of aliphatic hydroxyl groups excluding tert-OH is 2. The third kappa shape index (κ3) is 10.4. The quantitative estimate of drug-likeness (QED) is 0.0914. The van der Waals surface area contributed by atoms with Crippen LogP contribution in [0.1, 0.15) is 108 Å². The van der Waals surface area contributed by atoms with Crippen molar-refractivity contribution in [3.8, 4) is 28.0 Å². The molecule has 5 nitrogen and oxygen atoms in total. The Bertz CT molecular complexity index is 1540. The number of rotatable bonds is 20. The molecule has 1 fully saturated rings. The van der Waals surface area contributed by atoms with Gasteiger partial charge < -0.3 is 19.7 Å². The number of carbonyl (C=O) groups excluding carboxylic acids is 1. The molecule has 6 heteroatoms. The Balaban J connectivity index is 1.54. The fourth-order valence-corrected chi connectivity index (χ4v) is 7.07. The molecule has 0 heterocycles. The topological polar surface area (TPSA) is 76.0 Å². The minimum absolute atomic E-state index is 0.0293. The first kappa shape index (κ1) is 39.5. The molecule has 272 valence electrons. The molecule has 0 amide bonds. The summed E-state index contributed by atoms with van der Waals surface area (Å²) in [6.07, 6.45) is 11.9. The normalized spacial score (nSPS) is 16.4. The summed E-state index contributed by atoms with van der Waals surface area (Å²) >= 11 is 0. The maximum atomic E-state index is 15.7. The van der Waals surface area contributed by atoms with Gasteiger partial charge in [0.2, 0.25) is 0 Å². The van der Waals surface area contributed by atoms with Crippen LogP contribution in [0.2, 0.25) is 0 Å². The van der Waals surface area contributed by atoms with Crippen molar-refractivity contribution < 1.29 is 28.9 Å². The van der Waals surface area contributed by atoms with E-state index in [0.717, 1.165) is 58.6 Å². The Morgan fingerprint density at radius 1 is 0.900 bits per heavy atom. The van der Waals surface area contributed by atoms with Gasteiger partial charge in [-0.3, -0.25) is 4.79 Å². The number of Topliss-reactive ketones (excluding diaryl/α,β-unsaturated/α-hetero) is 1. The van der Waals surface area contributed by atoms with Crippen molar-refractivity contribution >= 4 is 5.78 Å². The lowest BCUT2D eigenvalue weighted by Crippen LogP contribution is -2.35. The summed E-state index contributed by atoms with van der Waals surface area (Å²) in [5.41, 5.74) is 6.41. The minimum atomic E-state index is -0.744. The van der Waals surface area contributed by atoms with Crippen molar-refractivity contribution in [1.82, 2.24) is 0 Å². The molecule has 0 unspecified atom stereocenters. The number of halogens is 1. The number of unbranched alkanes of at least 4 members (excludes halogenated alkanes) is 2. The average molecular weight is 687 g/mol. The van der Waals surface area contributed by atoms with Gasteiger partial charge in [-0.25, -0.2) is 4.39 Å². The third-order valence-corrected chi connectivity index (χ3v) is 10.9. The van der Waals surface area contributed by atoms with Gasteiger partial charge in [0.05, 0.1) is 31.8 Å². The second-order valence-corrected chi connectivity index (χ2v) is 14.5. The molecule has 0 aromatic heterocycles. The number of benzene rings is 3. The lowest BCUT2D eigenvalue weighted by atomic mass is 9.77. The van der Waals surface area contributed by atoms with E-state index in [1.807, 2.05) is 31.2 Å². The van der Waals surface area contributed by atoms with Gasteiger partial charge in [0.1, 0.15) is 18.2 Å². The van der Waals surface area contributed by atoms with E-state index < -0.39 is 5.41 Å². The molecule has 0 spiro atoms. The van der Waals surface area contributed by atoms with Gasteiger partial charge in [0.25, 0.3) is 0 Å². The highest BCUT2D eigenvalue weighted by atomic mass is 19.1. The summed E-state index contributed by atoms with van der Waals surface area (Å²) in [5, 5.41) is 19.9. The van der Waals surface area contributed by atoms with Crippen molar-refractivity contribution in [2.75, 3.05) is 33.0 Å². The van der Waals surface area contributed by atoms with Crippen molar-refractivity contribution in [3.63, 3.8) is 0 Å². The predicted molar refractivity (Wildman–Crippen MR) is 202 cm³/mol. The number of ketones is 1. The molecule has 0 radical (unpaired) electrons. The zero-order valence-corrected chi connectivity index (χ0v) is 30.9. The van der Waals surface area contributed by atoms with Crippen LogP contribution in [0.4, 0.5) is 4.39 Å². The summed E-state index contributed by atoms with van der Waals surface area (Å²) in [5.74, 6) is 1.62. The van der Waals surface area contributed by atoms with Crippen LogP contribution in [0, 0.1) is 17.2 Å². The van der Waals surface area contributed by atoms with Crippen molar-refractivity contribution in [3.05, 3.63) is 89.3 Å². The summed E-state index contributed by atoms with van der Waals surface area (Å²) in [7, 11) is 0. The van der Waals surface area contributed by atoms with Gasteiger partial charge >= 0.3 is 0 Å². The number of aliphatic hydroxyl groups is 2. The molecular formula is C44H59FO5. The first-order valence-corrected chi connectivity index (χ1v) is 18.8. The number of carbonyl (C=O) groups is 1. The summed E-state index contributed by atoms with van der Waals surface area (Å²) < 4.78 is 27.6. The Kier molecular flexibility index (Phi) is 15.3. The van der Waals surface area contributed by atoms with E-state index in [-0.39, 0.29) is 38.0 Å². The summed E-state index contributed by atoms with van der Waals surface area (Å²) in [4.78, 5) is 12.0. The van der Waals surface area contributed by atoms with E-state index >= 15 is 4.39 Å². The van der Waals surface area contributed by atoms with E-state index in [2.05, 4.69) is 44.7 Å². The Morgan fingerprint density at radius 3 is 2.22 bits per heavy atom. The highest BCUT2D eigenvalue weighted by Gasteiger charge is 2.28. The highest BCUT2D eigenvalue weighted by molar-refractivity contribution is 5.95. The molecule has 3 aromatic carbocycles. The summed E-state index contributed by atoms with van der Waals surface area (Å²) in [6, 6.07) is 18.1. The van der Waals surface area contributed by atoms with Gasteiger partial charge in [-0.2, -0.15) is 0 Å². The molecule has 2 N–H and O–H groups in total. The average Bonchev–Trinajstić information content (AvgIpc) is 3.14. The molecule has 0 bridgehead atoms. The van der Waals surface area contributed by atoms with Crippen LogP contribution < -0.4 is 4.74 Å². The standard InChI is InChI=1S/C44H59FO5/c1-6-9-10-11-32-12-14-34(15-13-32)35-16-20-40(41(45)26-35)37-17-19-39(33(7-2)24-37)36-18-21-43(50-30-44(8-3,28-46)29-47)38(25-36)22-23-49-27-42(48)31(4)5/h16-21,24-26,32,34,46-47H,4,6-15,22-23,27-30H2,1-3,5H3. The van der Waals surface area contributed by atoms with E-state index in [0.29, 0.717) is 42.3 Å². The van der Waals surface area contributed by atoms with Gasteiger partial charge in [0.15, 0.2) is 5.78 Å². The molecule has 0 atom stereocenters. The molecule has 0 saturated heterocycles. The van der Waals surface area contributed by atoms with Gasteiger partial charge in [-0.1, -0.05) is 89.4 Å². The molecule has 4 rings (SSSR count). The van der Waals surface area contributed by atoms with E-state index in [1.165, 1.54) is 38.5 Å². The number of aryl methyl sites for hydroxylation is 1. The van der Waals surface area contributed by atoms with Crippen LogP contribution in [0.15, 0.2) is 66.7 Å². The van der Waals surface area contributed by atoms with Crippen LogP contribution in [0.3, 0.4) is 0 Å². The predicted octanol–water partition coefficient (Wildman–Crippen LogP) is 10.0. The lowest BCUT2D eigenvalue weighted by molar-refractivity contribution is -0.119. The van der Waals surface area contributed by atoms with Crippen LogP contribution in [-0.2, 0) is 22.4 Å². The Morgan fingerprint density at radius 2 is 1.58 bits per heavy atom. The van der Waals surface area contributed by atoms with Crippen LogP contribution in [-0.4, -0.2) is 49.0 Å². The second kappa shape index (κ2) is 19.3. The first-order valence-electron chi connectivity index (χ1n) is 18.8. The van der Waals surface area contributed by atoms with Crippen molar-refractivity contribution in [1.29, 1.82) is 0 Å². The Hall–Kier alpha value is -3.32. The van der Waals surface area contributed by atoms with Crippen LogP contribution in [0.5, 0.6) is 5.75 Å². The van der Waals surface area contributed by atoms with E-state index in [1.54, 1.807) is 13.0 Å². The van der Waals surface area contributed by atoms with Gasteiger partial charge in [-0.15, -0.1) is 0 Å². The molecule has 1 saturated carbocycles. The molecule has 3 aromatic rings. The van der Waals surface area contributed by atoms with Crippen LogP contribution >= 0.6 is 0 Å². The smallest absolute Gasteiger partial charge is 0.183 e. The fourth-order valence-electron chi connectivity index (χ4n) is 7.07. The van der Waals surface area contributed by atoms with E-state index in [4.69, 9.17) is 9.47 Å². The van der Waals surface area contributed by atoms with Crippen molar-refractivity contribution in [2.24, 2.45) is 11.3 Å². The van der Waals surface area contributed by atoms with Crippen molar-refractivity contribution in [2.45, 2.75) is 104 Å². The zero-order valence-electron chi connectivity index (χ0n) is 30.9. The molecule has 1 aliphatic carbocycles. The number of hydrogen-bond acceptors (Lipinski definition) is 5.